The maximum atomic E-state index is 13.7. The van der Waals surface area contributed by atoms with Gasteiger partial charge in [-0.15, -0.1) is 10.2 Å². The number of hydrogen-bond donors (Lipinski definition) is 1. The van der Waals surface area contributed by atoms with E-state index in [1.807, 2.05) is 43.5 Å². The largest absolute Gasteiger partial charge is 0.485 e. The van der Waals surface area contributed by atoms with Crippen molar-refractivity contribution in [1.29, 1.82) is 0 Å². The van der Waals surface area contributed by atoms with E-state index in [1.165, 1.54) is 23.9 Å². The van der Waals surface area contributed by atoms with Crippen molar-refractivity contribution in [2.24, 2.45) is 0 Å². The fourth-order valence-corrected chi connectivity index (χ4v) is 3.56. The predicted octanol–water partition coefficient (Wildman–Crippen LogP) is 4.36. The minimum absolute atomic E-state index is 0.102. The number of aromatic nitrogens is 3. The van der Waals surface area contributed by atoms with Crippen molar-refractivity contribution in [3.8, 4) is 5.75 Å². The molecule has 152 valence electrons. The van der Waals surface area contributed by atoms with Gasteiger partial charge >= 0.3 is 0 Å². The number of nitrogens with one attached hydrogen (secondary N) is 1. The quantitative estimate of drug-likeness (QED) is 0.555. The van der Waals surface area contributed by atoms with Crippen LogP contribution >= 0.6 is 11.8 Å². The SMILES string of the molecule is CCn1c(COc2cc(C)ccc2C)nnc1SCC(=O)Nc1ccccc1F. The molecule has 0 saturated carbocycles. The summed E-state index contributed by atoms with van der Waals surface area (Å²) in [5, 5.41) is 11.6. The van der Waals surface area contributed by atoms with E-state index in [4.69, 9.17) is 4.74 Å². The van der Waals surface area contributed by atoms with Gasteiger partial charge in [-0.3, -0.25) is 4.79 Å². The van der Waals surface area contributed by atoms with Crippen molar-refractivity contribution in [2.75, 3.05) is 11.1 Å². The molecule has 1 heterocycles. The third-order valence-electron chi connectivity index (χ3n) is 4.29. The molecule has 0 bridgehead atoms. The first-order valence-electron chi connectivity index (χ1n) is 9.27. The highest BCUT2D eigenvalue weighted by Gasteiger charge is 2.15. The Kier molecular flexibility index (Phi) is 6.87. The molecule has 6 nitrogen and oxygen atoms in total. The molecule has 1 aromatic heterocycles. The number of thioether (sulfide) groups is 1. The van der Waals surface area contributed by atoms with Crippen molar-refractivity contribution in [3.63, 3.8) is 0 Å². The Morgan fingerprint density at radius 2 is 2.00 bits per heavy atom. The zero-order valence-corrected chi connectivity index (χ0v) is 17.4. The van der Waals surface area contributed by atoms with E-state index in [0.717, 1.165) is 16.9 Å². The van der Waals surface area contributed by atoms with Gasteiger partial charge in [0.15, 0.2) is 11.0 Å². The molecule has 0 saturated heterocycles. The highest BCUT2D eigenvalue weighted by Crippen LogP contribution is 2.22. The Balaban J connectivity index is 1.61. The van der Waals surface area contributed by atoms with E-state index in [1.54, 1.807) is 12.1 Å². The summed E-state index contributed by atoms with van der Waals surface area (Å²) in [6.45, 7) is 6.92. The smallest absolute Gasteiger partial charge is 0.234 e. The van der Waals surface area contributed by atoms with Crippen molar-refractivity contribution in [1.82, 2.24) is 14.8 Å². The number of para-hydroxylation sites is 1. The molecule has 1 N–H and O–H groups in total. The Hall–Kier alpha value is -2.87. The van der Waals surface area contributed by atoms with Crippen LogP contribution in [0.3, 0.4) is 0 Å². The maximum Gasteiger partial charge on any atom is 0.234 e. The van der Waals surface area contributed by atoms with Gasteiger partial charge in [0.25, 0.3) is 0 Å². The van der Waals surface area contributed by atoms with Crippen LogP contribution in [0.25, 0.3) is 0 Å². The van der Waals surface area contributed by atoms with Gasteiger partial charge in [-0.2, -0.15) is 0 Å². The number of aryl methyl sites for hydroxylation is 2. The summed E-state index contributed by atoms with van der Waals surface area (Å²) in [5.74, 6) is 0.830. The highest BCUT2D eigenvalue weighted by atomic mass is 32.2. The number of anilines is 1. The molecule has 0 spiro atoms. The summed E-state index contributed by atoms with van der Waals surface area (Å²) < 4.78 is 21.5. The summed E-state index contributed by atoms with van der Waals surface area (Å²) in [5.41, 5.74) is 2.34. The van der Waals surface area contributed by atoms with Crippen LogP contribution in [0.15, 0.2) is 47.6 Å². The number of benzene rings is 2. The second-order valence-corrected chi connectivity index (χ2v) is 7.46. The number of rotatable bonds is 8. The fraction of sp³-hybridized carbons (Fsp3) is 0.286. The molecule has 8 heteroatoms. The van der Waals surface area contributed by atoms with Crippen LogP contribution in [0.4, 0.5) is 10.1 Å². The number of halogens is 1. The molecule has 0 aliphatic heterocycles. The van der Waals surface area contributed by atoms with Crippen molar-refractivity contribution in [2.45, 2.75) is 39.1 Å². The van der Waals surface area contributed by atoms with E-state index >= 15 is 0 Å². The molecule has 1 amide bonds. The number of amides is 1. The molecule has 0 unspecified atom stereocenters. The molecule has 0 aliphatic rings. The lowest BCUT2D eigenvalue weighted by molar-refractivity contribution is -0.113. The molecule has 2 aromatic carbocycles. The molecule has 0 radical (unpaired) electrons. The molecular formula is C21H23FN4O2S. The van der Waals surface area contributed by atoms with Gasteiger partial charge in [0.05, 0.1) is 11.4 Å². The van der Waals surface area contributed by atoms with E-state index in [2.05, 4.69) is 15.5 Å². The van der Waals surface area contributed by atoms with E-state index < -0.39 is 5.82 Å². The number of nitrogens with zero attached hydrogens (tertiary/aromatic N) is 3. The lowest BCUT2D eigenvalue weighted by atomic mass is 10.1. The first-order chi connectivity index (χ1) is 14.0. The van der Waals surface area contributed by atoms with Gasteiger partial charge in [-0.1, -0.05) is 36.0 Å². The normalized spacial score (nSPS) is 10.8. The summed E-state index contributed by atoms with van der Waals surface area (Å²) in [6, 6.07) is 12.1. The predicted molar refractivity (Wildman–Crippen MR) is 112 cm³/mol. The van der Waals surface area contributed by atoms with E-state index in [0.29, 0.717) is 17.5 Å². The van der Waals surface area contributed by atoms with Gasteiger partial charge < -0.3 is 14.6 Å². The molecule has 0 aliphatic carbocycles. The van der Waals surface area contributed by atoms with Gasteiger partial charge in [0.2, 0.25) is 5.91 Å². The zero-order valence-electron chi connectivity index (χ0n) is 16.6. The van der Waals surface area contributed by atoms with Crippen LogP contribution in [0.1, 0.15) is 23.9 Å². The van der Waals surface area contributed by atoms with Gasteiger partial charge in [0.1, 0.15) is 18.2 Å². The summed E-state index contributed by atoms with van der Waals surface area (Å²) in [4.78, 5) is 12.1. The molecule has 0 fully saturated rings. The number of carbonyl (C=O) groups excluding carboxylic acids is 1. The lowest BCUT2D eigenvalue weighted by Crippen LogP contribution is -2.15. The summed E-state index contributed by atoms with van der Waals surface area (Å²) in [6.07, 6.45) is 0. The Bertz CT molecular complexity index is 1010. The zero-order chi connectivity index (χ0) is 20.8. The number of ether oxygens (including phenoxy) is 1. The van der Waals surface area contributed by atoms with E-state index in [9.17, 15) is 9.18 Å². The Morgan fingerprint density at radius 3 is 2.76 bits per heavy atom. The Morgan fingerprint density at radius 1 is 1.21 bits per heavy atom. The number of hydrogen-bond acceptors (Lipinski definition) is 5. The van der Waals surface area contributed by atoms with Crippen LogP contribution in [0.2, 0.25) is 0 Å². The maximum absolute atomic E-state index is 13.7. The van der Waals surface area contributed by atoms with Crippen molar-refractivity contribution < 1.29 is 13.9 Å². The molecule has 0 atom stereocenters. The van der Waals surface area contributed by atoms with Crippen LogP contribution in [0, 0.1) is 19.7 Å². The fourth-order valence-electron chi connectivity index (χ4n) is 2.73. The minimum atomic E-state index is -0.464. The first-order valence-corrected chi connectivity index (χ1v) is 10.3. The average molecular weight is 415 g/mol. The Labute approximate surface area is 173 Å². The van der Waals surface area contributed by atoms with Gasteiger partial charge in [-0.25, -0.2) is 4.39 Å². The van der Waals surface area contributed by atoms with Crippen LogP contribution in [0.5, 0.6) is 5.75 Å². The minimum Gasteiger partial charge on any atom is -0.485 e. The summed E-state index contributed by atoms with van der Waals surface area (Å²) >= 11 is 1.25. The summed E-state index contributed by atoms with van der Waals surface area (Å²) in [7, 11) is 0. The third-order valence-corrected chi connectivity index (χ3v) is 5.26. The van der Waals surface area contributed by atoms with Gasteiger partial charge in [-0.05, 0) is 50.1 Å². The van der Waals surface area contributed by atoms with Gasteiger partial charge in [0, 0.05) is 6.54 Å². The standard InChI is InChI=1S/C21H23FN4O2S/c1-4-26-19(12-28-18-11-14(2)9-10-15(18)3)24-25-21(26)29-13-20(27)23-17-8-6-5-7-16(17)22/h5-11H,4,12-13H2,1-3H3,(H,23,27). The first kappa shape index (κ1) is 20.9. The highest BCUT2D eigenvalue weighted by molar-refractivity contribution is 7.99. The van der Waals surface area contributed by atoms with Crippen LogP contribution < -0.4 is 10.1 Å². The second kappa shape index (κ2) is 9.56. The van der Waals surface area contributed by atoms with Crippen LogP contribution in [-0.2, 0) is 17.9 Å². The average Bonchev–Trinajstić information content (AvgIpc) is 3.10. The topological polar surface area (TPSA) is 69.0 Å². The van der Waals surface area contributed by atoms with Crippen molar-refractivity contribution >= 4 is 23.4 Å². The molecular weight excluding hydrogens is 391 g/mol. The molecule has 3 rings (SSSR count). The molecule has 29 heavy (non-hydrogen) atoms. The van der Waals surface area contributed by atoms with E-state index in [-0.39, 0.29) is 24.0 Å². The second-order valence-electron chi connectivity index (χ2n) is 6.52. The third kappa shape index (κ3) is 5.35. The number of carbonyl (C=O) groups is 1. The lowest BCUT2D eigenvalue weighted by Gasteiger charge is -2.11. The van der Waals surface area contributed by atoms with Crippen molar-refractivity contribution in [3.05, 3.63) is 65.2 Å². The monoisotopic (exact) mass is 414 g/mol. The van der Waals surface area contributed by atoms with Crippen LogP contribution in [-0.4, -0.2) is 26.4 Å². The molecule has 3 aromatic rings.